The molecule has 0 aromatic heterocycles. The number of rotatable bonds is 3. The van der Waals surface area contributed by atoms with Gasteiger partial charge in [-0.05, 0) is 37.1 Å². The molecule has 4 unspecified atom stereocenters. The average molecular weight is 181 g/mol. The maximum absolute atomic E-state index is 3.68. The van der Waals surface area contributed by atoms with E-state index < -0.39 is 0 Å². The standard InChI is InChI=1S/C12H23N/c1-3-9-10-7-5-6-8-11(10)12(9)13-4-2/h9-13H,3-8H2,1-2H3. The SMILES string of the molecule is CCNC1C(CC)C2CCCCC21. The predicted octanol–water partition coefficient (Wildman–Crippen LogP) is 2.81. The maximum Gasteiger partial charge on any atom is 0.0129 e. The van der Waals surface area contributed by atoms with Gasteiger partial charge in [0.2, 0.25) is 0 Å². The molecule has 0 aliphatic heterocycles. The van der Waals surface area contributed by atoms with Crippen LogP contribution >= 0.6 is 0 Å². The lowest BCUT2D eigenvalue weighted by atomic mass is 9.54. The Labute approximate surface area is 82.3 Å². The van der Waals surface area contributed by atoms with E-state index in [0.717, 1.165) is 30.3 Å². The van der Waals surface area contributed by atoms with Crippen molar-refractivity contribution in [3.8, 4) is 0 Å². The van der Waals surface area contributed by atoms with E-state index in [4.69, 9.17) is 0 Å². The second kappa shape index (κ2) is 4.00. The summed E-state index contributed by atoms with van der Waals surface area (Å²) >= 11 is 0. The molecule has 0 aromatic rings. The molecule has 76 valence electrons. The normalized spacial score (nSPS) is 43.8. The highest BCUT2D eigenvalue weighted by Crippen LogP contribution is 2.50. The van der Waals surface area contributed by atoms with Crippen LogP contribution in [-0.4, -0.2) is 12.6 Å². The zero-order valence-electron chi connectivity index (χ0n) is 9.05. The summed E-state index contributed by atoms with van der Waals surface area (Å²) in [6, 6.07) is 0.875. The van der Waals surface area contributed by atoms with Gasteiger partial charge in [-0.3, -0.25) is 0 Å². The minimum absolute atomic E-state index is 0.875. The summed E-state index contributed by atoms with van der Waals surface area (Å²) < 4.78 is 0. The summed E-state index contributed by atoms with van der Waals surface area (Å²) in [6.45, 7) is 5.76. The lowest BCUT2D eigenvalue weighted by Gasteiger charge is -2.55. The van der Waals surface area contributed by atoms with Crippen LogP contribution < -0.4 is 5.32 Å². The van der Waals surface area contributed by atoms with Crippen LogP contribution in [0.5, 0.6) is 0 Å². The Morgan fingerprint density at radius 3 is 2.38 bits per heavy atom. The van der Waals surface area contributed by atoms with Crippen LogP contribution in [0.4, 0.5) is 0 Å². The first-order chi connectivity index (χ1) is 6.38. The summed E-state index contributed by atoms with van der Waals surface area (Å²) in [4.78, 5) is 0. The third-order valence-corrected chi connectivity index (χ3v) is 4.26. The average Bonchev–Trinajstić information content (AvgIpc) is 2.16. The quantitative estimate of drug-likeness (QED) is 0.706. The fourth-order valence-electron chi connectivity index (χ4n) is 3.70. The molecule has 0 bridgehead atoms. The van der Waals surface area contributed by atoms with Crippen LogP contribution in [0, 0.1) is 17.8 Å². The van der Waals surface area contributed by atoms with E-state index in [1.807, 2.05) is 0 Å². The molecule has 2 fully saturated rings. The van der Waals surface area contributed by atoms with Gasteiger partial charge in [-0.2, -0.15) is 0 Å². The molecular weight excluding hydrogens is 158 g/mol. The van der Waals surface area contributed by atoms with Gasteiger partial charge in [0.25, 0.3) is 0 Å². The predicted molar refractivity (Wildman–Crippen MR) is 56.7 cm³/mol. The molecule has 2 aliphatic carbocycles. The molecule has 0 saturated heterocycles. The Morgan fingerprint density at radius 1 is 1.08 bits per heavy atom. The molecule has 0 heterocycles. The molecule has 2 rings (SSSR count). The Morgan fingerprint density at radius 2 is 1.77 bits per heavy atom. The van der Waals surface area contributed by atoms with Crippen LogP contribution in [0.25, 0.3) is 0 Å². The third-order valence-electron chi connectivity index (χ3n) is 4.26. The van der Waals surface area contributed by atoms with Crippen molar-refractivity contribution in [2.45, 2.75) is 52.0 Å². The van der Waals surface area contributed by atoms with Gasteiger partial charge >= 0.3 is 0 Å². The Balaban J connectivity index is 1.94. The van der Waals surface area contributed by atoms with Crippen LogP contribution in [0.2, 0.25) is 0 Å². The van der Waals surface area contributed by atoms with Crippen LogP contribution in [0.15, 0.2) is 0 Å². The molecule has 1 N–H and O–H groups in total. The van der Waals surface area contributed by atoms with Gasteiger partial charge < -0.3 is 5.32 Å². The van der Waals surface area contributed by atoms with Crippen LogP contribution in [0.3, 0.4) is 0 Å². The van der Waals surface area contributed by atoms with Crippen molar-refractivity contribution in [3.05, 3.63) is 0 Å². The first-order valence-electron chi connectivity index (χ1n) is 6.11. The largest absolute Gasteiger partial charge is 0.314 e. The highest BCUT2D eigenvalue weighted by Gasteiger charge is 2.48. The summed E-state index contributed by atoms with van der Waals surface area (Å²) in [5.41, 5.74) is 0. The van der Waals surface area contributed by atoms with Crippen molar-refractivity contribution in [1.82, 2.24) is 5.32 Å². The lowest BCUT2D eigenvalue weighted by molar-refractivity contribution is -0.0216. The zero-order valence-corrected chi connectivity index (χ0v) is 9.05. The fourth-order valence-corrected chi connectivity index (χ4v) is 3.70. The van der Waals surface area contributed by atoms with Gasteiger partial charge in [0, 0.05) is 6.04 Å². The van der Waals surface area contributed by atoms with Gasteiger partial charge in [-0.15, -0.1) is 0 Å². The van der Waals surface area contributed by atoms with Crippen molar-refractivity contribution in [2.75, 3.05) is 6.54 Å². The van der Waals surface area contributed by atoms with Gasteiger partial charge in [0.15, 0.2) is 0 Å². The zero-order chi connectivity index (χ0) is 9.26. The molecular formula is C12H23N. The van der Waals surface area contributed by atoms with Gasteiger partial charge in [0.1, 0.15) is 0 Å². The number of fused-ring (bicyclic) bond motifs is 1. The van der Waals surface area contributed by atoms with Gasteiger partial charge in [-0.25, -0.2) is 0 Å². The van der Waals surface area contributed by atoms with Gasteiger partial charge in [0.05, 0.1) is 0 Å². The van der Waals surface area contributed by atoms with Crippen LogP contribution in [-0.2, 0) is 0 Å². The summed E-state index contributed by atoms with van der Waals surface area (Å²) in [5.74, 6) is 3.13. The molecule has 0 spiro atoms. The minimum atomic E-state index is 0.875. The Hall–Kier alpha value is -0.0400. The molecule has 1 nitrogen and oxygen atoms in total. The number of hydrogen-bond donors (Lipinski definition) is 1. The van der Waals surface area contributed by atoms with E-state index in [0.29, 0.717) is 0 Å². The first kappa shape index (κ1) is 9.51. The highest BCUT2D eigenvalue weighted by molar-refractivity contribution is 5.02. The first-order valence-corrected chi connectivity index (χ1v) is 6.11. The fraction of sp³-hybridized carbons (Fsp3) is 1.00. The molecule has 13 heavy (non-hydrogen) atoms. The van der Waals surface area contributed by atoms with Crippen LogP contribution in [0.1, 0.15) is 46.0 Å². The summed E-state index contributed by atoms with van der Waals surface area (Å²) in [7, 11) is 0. The molecule has 4 atom stereocenters. The maximum atomic E-state index is 3.68. The number of nitrogens with one attached hydrogen (secondary N) is 1. The molecule has 2 saturated carbocycles. The second-order valence-corrected chi connectivity index (χ2v) is 4.77. The Kier molecular flexibility index (Phi) is 2.92. The van der Waals surface area contributed by atoms with E-state index in [1.165, 1.54) is 32.1 Å². The third kappa shape index (κ3) is 1.52. The van der Waals surface area contributed by atoms with Crippen molar-refractivity contribution in [2.24, 2.45) is 17.8 Å². The molecule has 0 aromatic carbocycles. The monoisotopic (exact) mass is 181 g/mol. The van der Waals surface area contributed by atoms with E-state index in [2.05, 4.69) is 19.2 Å². The molecule has 0 radical (unpaired) electrons. The van der Waals surface area contributed by atoms with Crippen molar-refractivity contribution in [1.29, 1.82) is 0 Å². The topological polar surface area (TPSA) is 12.0 Å². The molecule has 2 aliphatic rings. The lowest BCUT2D eigenvalue weighted by Crippen LogP contribution is -2.59. The highest BCUT2D eigenvalue weighted by atomic mass is 15.0. The minimum Gasteiger partial charge on any atom is -0.314 e. The van der Waals surface area contributed by atoms with E-state index in [1.54, 1.807) is 0 Å². The van der Waals surface area contributed by atoms with E-state index >= 15 is 0 Å². The molecule has 1 heteroatoms. The summed E-state index contributed by atoms with van der Waals surface area (Å²) in [6.07, 6.45) is 7.39. The Bertz CT molecular complexity index is 161. The van der Waals surface area contributed by atoms with E-state index in [-0.39, 0.29) is 0 Å². The second-order valence-electron chi connectivity index (χ2n) is 4.77. The van der Waals surface area contributed by atoms with Gasteiger partial charge in [-0.1, -0.05) is 33.1 Å². The van der Waals surface area contributed by atoms with E-state index in [9.17, 15) is 0 Å². The molecule has 0 amide bonds. The summed E-state index contributed by atoms with van der Waals surface area (Å²) in [5, 5.41) is 3.68. The van der Waals surface area contributed by atoms with Crippen molar-refractivity contribution in [3.63, 3.8) is 0 Å². The van der Waals surface area contributed by atoms with Crippen molar-refractivity contribution < 1.29 is 0 Å². The smallest absolute Gasteiger partial charge is 0.0129 e. The number of hydrogen-bond acceptors (Lipinski definition) is 1. The van der Waals surface area contributed by atoms with Crippen molar-refractivity contribution >= 4 is 0 Å².